The van der Waals surface area contributed by atoms with Gasteiger partial charge in [-0.3, -0.25) is 0 Å². The van der Waals surface area contributed by atoms with Gasteiger partial charge < -0.3 is 15.3 Å². The number of halogens is 2. The predicted molar refractivity (Wildman–Crippen MR) is 96.6 cm³/mol. The van der Waals surface area contributed by atoms with Crippen molar-refractivity contribution in [1.82, 2.24) is 4.90 Å². The van der Waals surface area contributed by atoms with Crippen LogP contribution in [-0.2, 0) is 0 Å². The Morgan fingerprint density at radius 1 is 1.21 bits per heavy atom. The van der Waals surface area contributed by atoms with Gasteiger partial charge in [0.1, 0.15) is 0 Å². The van der Waals surface area contributed by atoms with Crippen LogP contribution in [0.2, 0.25) is 10.0 Å². The third kappa shape index (κ3) is 4.20. The Balaban J connectivity index is 1.71. The summed E-state index contributed by atoms with van der Waals surface area (Å²) in [6.45, 7) is 0.235. The maximum Gasteiger partial charge on any atom is 0.322 e. The van der Waals surface area contributed by atoms with Crippen LogP contribution in [0.4, 0.5) is 10.5 Å². The molecule has 24 heavy (non-hydrogen) atoms. The topological polar surface area (TPSA) is 52.6 Å². The zero-order chi connectivity index (χ0) is 17.1. The van der Waals surface area contributed by atoms with Crippen molar-refractivity contribution in [1.29, 1.82) is 0 Å². The Morgan fingerprint density at radius 3 is 2.58 bits per heavy atom. The number of rotatable bonds is 5. The number of hydrogen-bond acceptors (Lipinski definition) is 2. The number of urea groups is 1. The van der Waals surface area contributed by atoms with E-state index in [9.17, 15) is 9.90 Å². The monoisotopic (exact) mass is 364 g/mol. The lowest BCUT2D eigenvalue weighted by atomic mass is 10.1. The summed E-state index contributed by atoms with van der Waals surface area (Å²) in [5.74, 6) is 0. The van der Waals surface area contributed by atoms with Crippen molar-refractivity contribution in [3.8, 4) is 0 Å². The van der Waals surface area contributed by atoms with Gasteiger partial charge in [0.2, 0.25) is 0 Å². The Hall–Kier alpha value is -1.75. The van der Waals surface area contributed by atoms with E-state index in [2.05, 4.69) is 5.32 Å². The standard InChI is InChI=1S/C18H18Cl2N2O2/c19-13-6-9-15(20)16(10-13)21-18(24)22(14-7-8-14)11-17(23)12-4-2-1-3-5-12/h1-6,9-10,14,17,23H,7-8,11H2,(H,21,24)/t17-/m1/s1. The van der Waals surface area contributed by atoms with Gasteiger partial charge in [0.15, 0.2) is 0 Å². The fraction of sp³-hybridized carbons (Fsp3) is 0.278. The highest BCUT2D eigenvalue weighted by Gasteiger charge is 2.34. The second-order valence-electron chi connectivity index (χ2n) is 5.86. The van der Waals surface area contributed by atoms with E-state index in [-0.39, 0.29) is 18.6 Å². The zero-order valence-corrected chi connectivity index (χ0v) is 14.5. The smallest absolute Gasteiger partial charge is 0.322 e. The van der Waals surface area contributed by atoms with Crippen LogP contribution in [0.25, 0.3) is 0 Å². The van der Waals surface area contributed by atoms with Crippen LogP contribution < -0.4 is 5.32 Å². The van der Waals surface area contributed by atoms with Crippen LogP contribution in [0.3, 0.4) is 0 Å². The normalized spacial score (nSPS) is 15.0. The largest absolute Gasteiger partial charge is 0.387 e. The molecule has 2 N–H and O–H groups in total. The summed E-state index contributed by atoms with van der Waals surface area (Å²) in [6, 6.07) is 14.1. The van der Waals surface area contributed by atoms with Crippen molar-refractivity contribution in [3.05, 3.63) is 64.1 Å². The maximum absolute atomic E-state index is 12.6. The van der Waals surface area contributed by atoms with Crippen molar-refractivity contribution in [3.63, 3.8) is 0 Å². The average molecular weight is 365 g/mol. The molecule has 0 radical (unpaired) electrons. The molecule has 0 unspecified atom stereocenters. The second kappa shape index (κ2) is 7.43. The number of amides is 2. The molecule has 4 nitrogen and oxygen atoms in total. The molecule has 1 aliphatic carbocycles. The molecule has 1 saturated carbocycles. The van der Waals surface area contributed by atoms with Crippen LogP contribution >= 0.6 is 23.2 Å². The SMILES string of the molecule is O=C(Nc1cc(Cl)ccc1Cl)N(C[C@@H](O)c1ccccc1)C1CC1. The zero-order valence-electron chi connectivity index (χ0n) is 13.0. The van der Waals surface area contributed by atoms with Gasteiger partial charge in [-0.05, 0) is 36.6 Å². The summed E-state index contributed by atoms with van der Waals surface area (Å²) in [5.41, 5.74) is 1.26. The molecule has 6 heteroatoms. The van der Waals surface area contributed by atoms with E-state index in [0.29, 0.717) is 15.7 Å². The molecule has 2 aromatic carbocycles. The summed E-state index contributed by atoms with van der Waals surface area (Å²) in [5, 5.41) is 14.1. The van der Waals surface area contributed by atoms with E-state index >= 15 is 0 Å². The van der Waals surface area contributed by atoms with Gasteiger partial charge >= 0.3 is 6.03 Å². The van der Waals surface area contributed by atoms with Crippen LogP contribution in [0, 0.1) is 0 Å². The molecule has 0 heterocycles. The van der Waals surface area contributed by atoms with Crippen LogP contribution in [0.5, 0.6) is 0 Å². The molecular formula is C18H18Cl2N2O2. The van der Waals surface area contributed by atoms with Gasteiger partial charge in [-0.2, -0.15) is 0 Å². The van der Waals surface area contributed by atoms with Gasteiger partial charge in [-0.25, -0.2) is 4.79 Å². The number of carbonyl (C=O) groups is 1. The van der Waals surface area contributed by atoms with E-state index in [1.165, 1.54) is 0 Å². The molecule has 0 bridgehead atoms. The maximum atomic E-state index is 12.6. The minimum absolute atomic E-state index is 0.154. The molecule has 0 aromatic heterocycles. The molecule has 1 atom stereocenters. The highest BCUT2D eigenvalue weighted by atomic mass is 35.5. The molecule has 3 rings (SSSR count). The Bertz CT molecular complexity index is 720. The van der Waals surface area contributed by atoms with Crippen molar-refractivity contribution in [2.24, 2.45) is 0 Å². The molecule has 0 spiro atoms. The predicted octanol–water partition coefficient (Wildman–Crippen LogP) is 4.72. The number of nitrogens with zero attached hydrogens (tertiary/aromatic N) is 1. The third-order valence-corrected chi connectivity index (χ3v) is 4.54. The molecule has 1 fully saturated rings. The third-order valence-electron chi connectivity index (χ3n) is 3.97. The molecular weight excluding hydrogens is 347 g/mol. The molecule has 2 amide bonds. The summed E-state index contributed by atoms with van der Waals surface area (Å²) in [6.07, 6.45) is 1.16. The lowest BCUT2D eigenvalue weighted by Crippen LogP contribution is -2.39. The highest BCUT2D eigenvalue weighted by molar-refractivity contribution is 6.35. The van der Waals surface area contributed by atoms with E-state index < -0.39 is 6.10 Å². The van der Waals surface area contributed by atoms with Crippen molar-refractivity contribution in [2.75, 3.05) is 11.9 Å². The highest BCUT2D eigenvalue weighted by Crippen LogP contribution is 2.31. The summed E-state index contributed by atoms with van der Waals surface area (Å²) >= 11 is 12.1. The number of carbonyl (C=O) groups excluding carboxylic acids is 1. The minimum atomic E-state index is -0.729. The Morgan fingerprint density at radius 2 is 1.92 bits per heavy atom. The Kier molecular flexibility index (Phi) is 5.29. The number of aliphatic hydroxyl groups excluding tert-OH is 1. The fourth-order valence-corrected chi connectivity index (χ4v) is 2.87. The summed E-state index contributed by atoms with van der Waals surface area (Å²) in [4.78, 5) is 14.3. The first kappa shape index (κ1) is 17.1. The van der Waals surface area contributed by atoms with E-state index in [1.54, 1.807) is 23.1 Å². The van der Waals surface area contributed by atoms with Crippen molar-refractivity contribution < 1.29 is 9.90 Å². The summed E-state index contributed by atoms with van der Waals surface area (Å²) in [7, 11) is 0. The van der Waals surface area contributed by atoms with Gasteiger partial charge in [0.05, 0.1) is 23.4 Å². The van der Waals surface area contributed by atoms with Crippen LogP contribution in [0.1, 0.15) is 24.5 Å². The van der Waals surface area contributed by atoms with Crippen molar-refractivity contribution >= 4 is 34.9 Å². The average Bonchev–Trinajstić information content (AvgIpc) is 3.41. The van der Waals surface area contributed by atoms with Gasteiger partial charge in [0, 0.05) is 11.1 Å². The number of hydrogen-bond donors (Lipinski definition) is 2. The van der Waals surface area contributed by atoms with E-state index in [1.807, 2.05) is 30.3 Å². The Labute approximate surface area is 151 Å². The first-order valence-corrected chi connectivity index (χ1v) is 8.56. The molecule has 2 aromatic rings. The fourth-order valence-electron chi connectivity index (χ4n) is 2.53. The number of anilines is 1. The quantitative estimate of drug-likeness (QED) is 0.805. The lowest BCUT2D eigenvalue weighted by Gasteiger charge is -2.26. The number of nitrogens with one attached hydrogen (secondary N) is 1. The minimum Gasteiger partial charge on any atom is -0.387 e. The summed E-state index contributed by atoms with van der Waals surface area (Å²) < 4.78 is 0. The molecule has 0 saturated heterocycles. The lowest BCUT2D eigenvalue weighted by molar-refractivity contribution is 0.123. The van der Waals surface area contributed by atoms with Gasteiger partial charge in [0.25, 0.3) is 0 Å². The second-order valence-corrected chi connectivity index (χ2v) is 6.71. The van der Waals surface area contributed by atoms with E-state index in [0.717, 1.165) is 18.4 Å². The first-order valence-electron chi connectivity index (χ1n) is 7.80. The molecule has 126 valence electrons. The molecule has 0 aliphatic heterocycles. The van der Waals surface area contributed by atoms with Crippen LogP contribution in [0.15, 0.2) is 48.5 Å². The number of aliphatic hydroxyl groups is 1. The van der Waals surface area contributed by atoms with Gasteiger partial charge in [-0.15, -0.1) is 0 Å². The van der Waals surface area contributed by atoms with Crippen molar-refractivity contribution in [2.45, 2.75) is 25.0 Å². The van der Waals surface area contributed by atoms with E-state index in [4.69, 9.17) is 23.2 Å². The number of benzene rings is 2. The first-order chi connectivity index (χ1) is 11.5. The molecule has 1 aliphatic rings. The van der Waals surface area contributed by atoms with Crippen LogP contribution in [-0.4, -0.2) is 28.6 Å². The van der Waals surface area contributed by atoms with Gasteiger partial charge in [-0.1, -0.05) is 53.5 Å².